The molecule has 2 aromatic heterocycles. The summed E-state index contributed by atoms with van der Waals surface area (Å²) in [5.74, 6) is 0.212. The summed E-state index contributed by atoms with van der Waals surface area (Å²) < 4.78 is 13.4. The monoisotopic (exact) mass is 383 g/mol. The fourth-order valence-corrected chi connectivity index (χ4v) is 4.41. The van der Waals surface area contributed by atoms with E-state index in [2.05, 4.69) is 9.97 Å². The summed E-state index contributed by atoms with van der Waals surface area (Å²) in [7, 11) is 0. The van der Waals surface area contributed by atoms with Gasteiger partial charge in [0.05, 0.1) is 10.7 Å². The van der Waals surface area contributed by atoms with Gasteiger partial charge in [0.15, 0.2) is 0 Å². The van der Waals surface area contributed by atoms with Gasteiger partial charge in [-0.15, -0.1) is 23.1 Å². The van der Waals surface area contributed by atoms with Gasteiger partial charge in [-0.2, -0.15) is 0 Å². The molecular formula is C19H14FN3OS2. The second-order valence-corrected chi connectivity index (χ2v) is 7.59. The number of thiazole rings is 1. The number of rotatable bonds is 3. The zero-order chi connectivity index (χ0) is 17.9. The molecule has 0 atom stereocenters. The van der Waals surface area contributed by atoms with Crippen LogP contribution in [0.1, 0.15) is 16.1 Å². The lowest BCUT2D eigenvalue weighted by molar-refractivity contribution is 0.0830. The molecule has 26 heavy (non-hydrogen) atoms. The number of nitrogens with zero attached hydrogens (tertiary/aromatic N) is 3. The van der Waals surface area contributed by atoms with E-state index in [-0.39, 0.29) is 5.91 Å². The maximum Gasteiger partial charge on any atom is 0.258 e. The minimum absolute atomic E-state index is 0.191. The van der Waals surface area contributed by atoms with Crippen molar-refractivity contribution in [3.63, 3.8) is 0 Å². The van der Waals surface area contributed by atoms with E-state index >= 15 is 0 Å². The normalized spacial score (nSPS) is 15.6. The Morgan fingerprint density at radius 3 is 3.00 bits per heavy atom. The molecule has 1 saturated heterocycles. The lowest BCUT2D eigenvalue weighted by atomic mass is 10.2. The highest BCUT2D eigenvalue weighted by atomic mass is 32.2. The molecule has 1 fully saturated rings. The molecule has 0 radical (unpaired) electrons. The molecule has 0 bridgehead atoms. The molecule has 4 rings (SSSR count). The van der Waals surface area contributed by atoms with Gasteiger partial charge < -0.3 is 4.90 Å². The second-order valence-electron chi connectivity index (χ2n) is 5.62. The Kier molecular flexibility index (Phi) is 4.81. The molecule has 7 heteroatoms. The number of hydrogen-bond donors (Lipinski definition) is 0. The van der Waals surface area contributed by atoms with Crippen molar-refractivity contribution in [2.75, 3.05) is 12.3 Å². The molecule has 0 saturated carbocycles. The zero-order valence-electron chi connectivity index (χ0n) is 13.6. The highest BCUT2D eigenvalue weighted by Crippen LogP contribution is 2.32. The number of carbonyl (C=O) groups excluding carboxylic acids is 1. The largest absolute Gasteiger partial charge is 0.302 e. The van der Waals surface area contributed by atoms with Crippen LogP contribution in [0.5, 0.6) is 0 Å². The Bertz CT molecular complexity index is 972. The molecule has 3 heterocycles. The van der Waals surface area contributed by atoms with Crippen LogP contribution in [0.4, 0.5) is 4.39 Å². The first-order chi connectivity index (χ1) is 12.7. The van der Waals surface area contributed by atoms with Crippen molar-refractivity contribution in [1.29, 1.82) is 0 Å². The standard InChI is InChI=1S/C19H14FN3OS2/c20-15-5-1-3-13(9-15)19(24)23-7-8-25-17(23)10-16-12-26-18(22-16)14-4-2-6-21-11-14/h1-6,9-12H,7-8H2/b17-10+. The Hall–Kier alpha value is -2.51. The quantitative estimate of drug-likeness (QED) is 0.667. The second kappa shape index (κ2) is 7.39. The van der Waals surface area contributed by atoms with Crippen LogP contribution in [0.15, 0.2) is 59.2 Å². The van der Waals surface area contributed by atoms with Gasteiger partial charge in [-0.1, -0.05) is 6.07 Å². The minimum Gasteiger partial charge on any atom is -0.302 e. The summed E-state index contributed by atoms with van der Waals surface area (Å²) >= 11 is 3.14. The van der Waals surface area contributed by atoms with Crippen LogP contribution >= 0.6 is 23.1 Å². The third-order valence-electron chi connectivity index (χ3n) is 3.85. The summed E-state index contributed by atoms with van der Waals surface area (Å²) in [6, 6.07) is 9.63. The average molecular weight is 383 g/mol. The predicted octanol–water partition coefficient (Wildman–Crippen LogP) is 4.53. The molecule has 0 aliphatic carbocycles. The van der Waals surface area contributed by atoms with E-state index < -0.39 is 5.82 Å². The Morgan fingerprint density at radius 1 is 1.27 bits per heavy atom. The van der Waals surface area contributed by atoms with Gasteiger partial charge in [0.25, 0.3) is 5.91 Å². The molecule has 0 unspecified atom stereocenters. The SMILES string of the molecule is O=C(c1cccc(F)c1)N1CCS/C1=C/c1csc(-c2cccnc2)n1. The fraction of sp³-hybridized carbons (Fsp3) is 0.105. The minimum atomic E-state index is -0.408. The van der Waals surface area contributed by atoms with Crippen LogP contribution < -0.4 is 0 Å². The van der Waals surface area contributed by atoms with Crippen molar-refractivity contribution in [2.24, 2.45) is 0 Å². The van der Waals surface area contributed by atoms with Crippen molar-refractivity contribution in [3.05, 3.63) is 76.3 Å². The van der Waals surface area contributed by atoms with Gasteiger partial charge in [0.1, 0.15) is 10.8 Å². The molecule has 4 nitrogen and oxygen atoms in total. The van der Waals surface area contributed by atoms with Crippen LogP contribution in [-0.2, 0) is 0 Å². The smallest absolute Gasteiger partial charge is 0.258 e. The third-order valence-corrected chi connectivity index (χ3v) is 5.78. The maximum atomic E-state index is 13.4. The predicted molar refractivity (Wildman–Crippen MR) is 103 cm³/mol. The molecular weight excluding hydrogens is 369 g/mol. The van der Waals surface area contributed by atoms with E-state index in [1.807, 2.05) is 23.6 Å². The maximum absolute atomic E-state index is 13.4. The van der Waals surface area contributed by atoms with E-state index in [1.165, 1.54) is 23.5 Å². The Labute approximate surface area is 158 Å². The summed E-state index contributed by atoms with van der Waals surface area (Å²) in [5, 5.41) is 3.68. The summed E-state index contributed by atoms with van der Waals surface area (Å²) in [5.41, 5.74) is 2.12. The molecule has 130 valence electrons. The summed E-state index contributed by atoms with van der Waals surface area (Å²) in [4.78, 5) is 23.1. The first-order valence-electron chi connectivity index (χ1n) is 7.98. The molecule has 1 aromatic carbocycles. The number of thioether (sulfide) groups is 1. The number of halogens is 1. The number of carbonyl (C=O) groups is 1. The molecule has 3 aromatic rings. The van der Waals surface area contributed by atoms with Crippen molar-refractivity contribution in [3.8, 4) is 10.6 Å². The van der Waals surface area contributed by atoms with Crippen molar-refractivity contribution >= 4 is 35.1 Å². The van der Waals surface area contributed by atoms with Crippen molar-refractivity contribution < 1.29 is 9.18 Å². The number of benzene rings is 1. The highest BCUT2D eigenvalue weighted by molar-refractivity contribution is 8.03. The number of amides is 1. The van der Waals surface area contributed by atoms with Crippen molar-refractivity contribution in [1.82, 2.24) is 14.9 Å². The van der Waals surface area contributed by atoms with Gasteiger partial charge in [-0.3, -0.25) is 9.78 Å². The molecule has 1 aliphatic rings. The first-order valence-corrected chi connectivity index (χ1v) is 9.85. The van der Waals surface area contributed by atoms with E-state index in [1.54, 1.807) is 41.2 Å². The van der Waals surface area contributed by atoms with Crippen molar-refractivity contribution in [2.45, 2.75) is 0 Å². The molecule has 1 aliphatic heterocycles. The first kappa shape index (κ1) is 16.9. The van der Waals surface area contributed by atoms with Gasteiger partial charge in [0.2, 0.25) is 0 Å². The van der Waals surface area contributed by atoms with Crippen LogP contribution in [-0.4, -0.2) is 33.1 Å². The lowest BCUT2D eigenvalue weighted by Gasteiger charge is -2.16. The summed E-state index contributed by atoms with van der Waals surface area (Å²) in [6.07, 6.45) is 5.41. The Balaban J connectivity index is 1.59. The fourth-order valence-electron chi connectivity index (χ4n) is 2.63. The molecule has 0 spiro atoms. The van der Waals surface area contributed by atoms with E-state index in [0.717, 1.165) is 27.0 Å². The molecule has 0 N–H and O–H groups in total. The van der Waals surface area contributed by atoms with Crippen LogP contribution in [0.25, 0.3) is 16.6 Å². The van der Waals surface area contributed by atoms with E-state index in [9.17, 15) is 9.18 Å². The van der Waals surface area contributed by atoms with Gasteiger partial charge in [0, 0.05) is 41.2 Å². The van der Waals surface area contributed by atoms with Crippen LogP contribution in [0.2, 0.25) is 0 Å². The van der Waals surface area contributed by atoms with Crippen LogP contribution in [0, 0.1) is 5.82 Å². The lowest BCUT2D eigenvalue weighted by Crippen LogP contribution is -2.26. The van der Waals surface area contributed by atoms with E-state index in [0.29, 0.717) is 12.1 Å². The van der Waals surface area contributed by atoms with Gasteiger partial charge in [-0.25, -0.2) is 9.37 Å². The highest BCUT2D eigenvalue weighted by Gasteiger charge is 2.25. The zero-order valence-corrected chi connectivity index (χ0v) is 15.3. The number of hydrogen-bond acceptors (Lipinski definition) is 5. The van der Waals surface area contributed by atoms with E-state index in [4.69, 9.17) is 0 Å². The summed E-state index contributed by atoms with van der Waals surface area (Å²) in [6.45, 7) is 0.603. The average Bonchev–Trinajstić information content (AvgIpc) is 3.32. The third kappa shape index (κ3) is 3.54. The number of pyridine rings is 1. The van der Waals surface area contributed by atoms with Gasteiger partial charge >= 0.3 is 0 Å². The molecule has 1 amide bonds. The Morgan fingerprint density at radius 2 is 2.19 bits per heavy atom. The van der Waals surface area contributed by atoms with Crippen LogP contribution in [0.3, 0.4) is 0 Å². The topological polar surface area (TPSA) is 46.1 Å². The van der Waals surface area contributed by atoms with Gasteiger partial charge in [-0.05, 0) is 36.4 Å². The number of aromatic nitrogens is 2.